The molecule has 0 unspecified atom stereocenters. The van der Waals surface area contributed by atoms with Crippen LogP contribution in [0.15, 0.2) is 48.9 Å². The number of fused-ring (bicyclic) bond motifs is 1. The molecule has 0 atom stereocenters. The first-order valence-corrected chi connectivity index (χ1v) is 7.66. The molecular weight excluding hydrogens is 312 g/mol. The van der Waals surface area contributed by atoms with Crippen LogP contribution in [0.5, 0.6) is 0 Å². The average Bonchev–Trinajstić information content (AvgIpc) is 3.22. The Bertz CT molecular complexity index is 872. The number of hydrogen-bond donors (Lipinski definition) is 1. The summed E-state index contributed by atoms with van der Waals surface area (Å²) in [5, 5.41) is 7.62. The summed E-state index contributed by atoms with van der Waals surface area (Å²) in [4.78, 5) is 18.8. The highest BCUT2D eigenvalue weighted by atomic mass is 35.5. The first kappa shape index (κ1) is 14.0. The predicted molar refractivity (Wildman–Crippen MR) is 88.7 cm³/mol. The van der Waals surface area contributed by atoms with Crippen molar-refractivity contribution in [1.29, 1.82) is 0 Å². The lowest BCUT2D eigenvalue weighted by Gasteiger charge is -2.17. The molecule has 2 aromatic heterocycles. The number of nitrogens with one attached hydrogen (secondary N) is 1. The number of pyridine rings is 1. The van der Waals surface area contributed by atoms with E-state index in [4.69, 9.17) is 11.6 Å². The second kappa shape index (κ2) is 5.52. The summed E-state index contributed by atoms with van der Waals surface area (Å²) in [6.07, 6.45) is 5.92. The van der Waals surface area contributed by atoms with Crippen LogP contribution in [-0.2, 0) is 6.42 Å². The van der Waals surface area contributed by atoms with E-state index in [0.717, 1.165) is 23.2 Å². The monoisotopic (exact) mass is 324 g/mol. The van der Waals surface area contributed by atoms with Crippen molar-refractivity contribution in [3.8, 4) is 11.3 Å². The maximum Gasteiger partial charge on any atom is 0.262 e. The highest BCUT2D eigenvalue weighted by molar-refractivity contribution is 6.30. The van der Waals surface area contributed by atoms with E-state index in [-0.39, 0.29) is 5.91 Å². The van der Waals surface area contributed by atoms with E-state index in [2.05, 4.69) is 15.2 Å². The number of aromatic amines is 1. The summed E-state index contributed by atoms with van der Waals surface area (Å²) < 4.78 is 0. The van der Waals surface area contributed by atoms with Crippen molar-refractivity contribution in [1.82, 2.24) is 15.2 Å². The van der Waals surface area contributed by atoms with Gasteiger partial charge >= 0.3 is 0 Å². The van der Waals surface area contributed by atoms with Gasteiger partial charge in [0.1, 0.15) is 0 Å². The van der Waals surface area contributed by atoms with Crippen LogP contribution in [0.25, 0.3) is 11.3 Å². The van der Waals surface area contributed by atoms with Crippen molar-refractivity contribution < 1.29 is 4.79 Å². The number of anilines is 1. The summed E-state index contributed by atoms with van der Waals surface area (Å²) in [5.41, 5.74) is 4.15. The molecule has 6 heteroatoms. The maximum absolute atomic E-state index is 13.0. The van der Waals surface area contributed by atoms with Gasteiger partial charge in [0.2, 0.25) is 0 Å². The molecule has 3 heterocycles. The minimum atomic E-state index is -0.0614. The van der Waals surface area contributed by atoms with Crippen LogP contribution in [0.2, 0.25) is 5.02 Å². The molecule has 0 spiro atoms. The SMILES string of the molecule is O=C(c1cn[nH]c1-c1ccc(Cl)cc1)N1CCc2cnccc21. The lowest BCUT2D eigenvalue weighted by molar-refractivity contribution is 0.0990. The third-order valence-electron chi connectivity index (χ3n) is 4.02. The van der Waals surface area contributed by atoms with Crippen molar-refractivity contribution >= 4 is 23.2 Å². The summed E-state index contributed by atoms with van der Waals surface area (Å²) in [6, 6.07) is 9.21. The third-order valence-corrected chi connectivity index (χ3v) is 4.27. The fourth-order valence-corrected chi connectivity index (χ4v) is 3.00. The quantitative estimate of drug-likeness (QED) is 0.786. The molecule has 1 aliphatic rings. The molecule has 1 N–H and O–H groups in total. The Morgan fingerprint density at radius 3 is 2.83 bits per heavy atom. The number of aromatic nitrogens is 3. The summed E-state index contributed by atoms with van der Waals surface area (Å²) in [6.45, 7) is 0.658. The first-order chi connectivity index (χ1) is 11.2. The predicted octanol–water partition coefficient (Wildman–Crippen LogP) is 3.33. The lowest BCUT2D eigenvalue weighted by Crippen LogP contribution is -2.29. The van der Waals surface area contributed by atoms with Gasteiger partial charge in [-0.3, -0.25) is 14.9 Å². The van der Waals surface area contributed by atoms with Gasteiger partial charge in [-0.25, -0.2) is 0 Å². The second-order valence-electron chi connectivity index (χ2n) is 5.38. The molecule has 3 aromatic rings. The average molecular weight is 325 g/mol. The summed E-state index contributed by atoms with van der Waals surface area (Å²) in [5.74, 6) is -0.0614. The standard InChI is InChI=1S/C17H13ClN4O/c18-13-3-1-11(2-4-13)16-14(10-20-21-16)17(23)22-8-6-12-9-19-7-5-15(12)22/h1-5,7,9-10H,6,8H2,(H,20,21). The van der Waals surface area contributed by atoms with Crippen LogP contribution in [0.4, 0.5) is 5.69 Å². The Morgan fingerprint density at radius 2 is 2.00 bits per heavy atom. The molecule has 114 valence electrons. The van der Waals surface area contributed by atoms with Crippen LogP contribution in [0.1, 0.15) is 15.9 Å². The molecule has 23 heavy (non-hydrogen) atoms. The van der Waals surface area contributed by atoms with E-state index in [1.54, 1.807) is 29.4 Å². The number of carbonyl (C=O) groups excluding carboxylic acids is 1. The smallest absolute Gasteiger partial charge is 0.262 e. The zero-order valence-electron chi connectivity index (χ0n) is 12.2. The second-order valence-corrected chi connectivity index (χ2v) is 5.81. The molecule has 0 radical (unpaired) electrons. The molecule has 5 nitrogen and oxygen atoms in total. The molecule has 1 aliphatic heterocycles. The van der Waals surface area contributed by atoms with Crippen molar-refractivity contribution in [2.24, 2.45) is 0 Å². The highest BCUT2D eigenvalue weighted by Crippen LogP contribution is 2.30. The number of amides is 1. The number of halogens is 1. The largest absolute Gasteiger partial charge is 0.308 e. The molecular formula is C17H13ClN4O. The molecule has 1 amide bonds. The molecule has 0 bridgehead atoms. The van der Waals surface area contributed by atoms with Crippen LogP contribution in [-0.4, -0.2) is 27.6 Å². The van der Waals surface area contributed by atoms with E-state index < -0.39 is 0 Å². The van der Waals surface area contributed by atoms with Gasteiger partial charge < -0.3 is 4.90 Å². The Kier molecular flexibility index (Phi) is 3.35. The fraction of sp³-hybridized carbons (Fsp3) is 0.118. The molecule has 0 saturated carbocycles. The summed E-state index contributed by atoms with van der Waals surface area (Å²) in [7, 11) is 0. The maximum atomic E-state index is 13.0. The van der Waals surface area contributed by atoms with Crippen LogP contribution >= 0.6 is 11.6 Å². The Labute approximate surface area is 137 Å². The van der Waals surface area contributed by atoms with Crippen molar-refractivity contribution in [3.63, 3.8) is 0 Å². The van der Waals surface area contributed by atoms with Crippen LogP contribution in [0, 0.1) is 0 Å². The topological polar surface area (TPSA) is 61.9 Å². The zero-order valence-corrected chi connectivity index (χ0v) is 12.9. The Balaban J connectivity index is 1.71. The van der Waals surface area contributed by atoms with Gasteiger partial charge in [-0.1, -0.05) is 23.7 Å². The fourth-order valence-electron chi connectivity index (χ4n) is 2.87. The molecule has 4 rings (SSSR count). The van der Waals surface area contributed by atoms with E-state index in [0.29, 0.717) is 22.8 Å². The number of hydrogen-bond acceptors (Lipinski definition) is 3. The zero-order chi connectivity index (χ0) is 15.8. The van der Waals surface area contributed by atoms with Gasteiger partial charge in [-0.15, -0.1) is 0 Å². The van der Waals surface area contributed by atoms with Gasteiger partial charge in [-0.2, -0.15) is 5.10 Å². The van der Waals surface area contributed by atoms with Crippen LogP contribution < -0.4 is 4.90 Å². The molecule has 0 saturated heterocycles. The van der Waals surface area contributed by atoms with Crippen molar-refractivity contribution in [2.45, 2.75) is 6.42 Å². The van der Waals surface area contributed by atoms with Gasteiger partial charge in [0, 0.05) is 29.5 Å². The Hall–Kier alpha value is -2.66. The Morgan fingerprint density at radius 1 is 1.17 bits per heavy atom. The molecule has 1 aromatic carbocycles. The minimum Gasteiger partial charge on any atom is -0.308 e. The van der Waals surface area contributed by atoms with E-state index in [1.165, 1.54) is 0 Å². The molecule has 0 aliphatic carbocycles. The van der Waals surface area contributed by atoms with E-state index >= 15 is 0 Å². The van der Waals surface area contributed by atoms with Crippen molar-refractivity contribution in [3.05, 3.63) is 65.1 Å². The number of benzene rings is 1. The van der Waals surface area contributed by atoms with Crippen molar-refractivity contribution in [2.75, 3.05) is 11.4 Å². The molecule has 0 fully saturated rings. The summed E-state index contributed by atoms with van der Waals surface area (Å²) >= 11 is 5.93. The normalized spacial score (nSPS) is 13.2. The third kappa shape index (κ3) is 2.39. The number of nitrogens with zero attached hydrogens (tertiary/aromatic N) is 3. The van der Waals surface area contributed by atoms with Gasteiger partial charge in [0.25, 0.3) is 5.91 Å². The first-order valence-electron chi connectivity index (χ1n) is 7.28. The van der Waals surface area contributed by atoms with E-state index in [9.17, 15) is 4.79 Å². The van der Waals surface area contributed by atoms with E-state index in [1.807, 2.05) is 24.4 Å². The number of rotatable bonds is 2. The van der Waals surface area contributed by atoms with Crippen LogP contribution in [0.3, 0.4) is 0 Å². The van der Waals surface area contributed by atoms with Gasteiger partial charge in [-0.05, 0) is 30.2 Å². The lowest BCUT2D eigenvalue weighted by atomic mass is 10.1. The highest BCUT2D eigenvalue weighted by Gasteiger charge is 2.28. The number of H-pyrrole nitrogens is 1. The van der Waals surface area contributed by atoms with Gasteiger partial charge in [0.15, 0.2) is 0 Å². The minimum absolute atomic E-state index is 0.0614. The number of carbonyl (C=O) groups is 1. The van der Waals surface area contributed by atoms with Gasteiger partial charge in [0.05, 0.1) is 23.1 Å².